The molecule has 26 heavy (non-hydrogen) atoms. The zero-order chi connectivity index (χ0) is 18.5. The number of nitrogens with one attached hydrogen (secondary N) is 1. The molecule has 1 amide bonds. The summed E-state index contributed by atoms with van der Waals surface area (Å²) in [5, 5.41) is 3.15. The Morgan fingerprint density at radius 3 is 2.81 bits per heavy atom. The fourth-order valence-electron chi connectivity index (χ4n) is 2.61. The van der Waals surface area contributed by atoms with Crippen LogP contribution in [-0.4, -0.2) is 38.9 Å². The number of halogens is 1. The topological polar surface area (TPSA) is 66.0 Å². The molecule has 3 rings (SSSR count). The van der Waals surface area contributed by atoms with Gasteiger partial charge in [0.1, 0.15) is 12.7 Å². The fraction of sp³-hybridized carbons (Fsp3) is 0.316. The molecule has 0 aliphatic carbocycles. The van der Waals surface area contributed by atoms with E-state index in [-0.39, 0.29) is 12.0 Å². The molecule has 0 fully saturated rings. The third-order valence-corrected chi connectivity index (χ3v) is 4.12. The molecule has 0 aromatic heterocycles. The molecule has 138 valence electrons. The Labute approximate surface area is 157 Å². The molecule has 2 aromatic carbocycles. The highest BCUT2D eigenvalue weighted by molar-refractivity contribution is 6.32. The van der Waals surface area contributed by atoms with E-state index < -0.39 is 0 Å². The van der Waals surface area contributed by atoms with Crippen LogP contribution in [0.3, 0.4) is 0 Å². The quantitative estimate of drug-likeness (QED) is 0.836. The van der Waals surface area contributed by atoms with Crippen LogP contribution in [0, 0.1) is 0 Å². The highest BCUT2D eigenvalue weighted by Gasteiger charge is 2.22. The number of methoxy groups -OCH3 is 1. The smallest absolute Gasteiger partial charge is 0.251 e. The lowest BCUT2D eigenvalue weighted by Gasteiger charge is -2.26. The van der Waals surface area contributed by atoms with Crippen LogP contribution < -0.4 is 24.3 Å². The van der Waals surface area contributed by atoms with Gasteiger partial charge in [0, 0.05) is 5.56 Å². The number of carbonyl (C=O) groups is 1. The van der Waals surface area contributed by atoms with Crippen molar-refractivity contribution < 1.29 is 23.7 Å². The first-order valence-electron chi connectivity index (χ1n) is 8.29. The first-order chi connectivity index (χ1) is 12.6. The average Bonchev–Trinajstić information content (AvgIpc) is 2.67. The van der Waals surface area contributed by atoms with Gasteiger partial charge in [-0.05, 0) is 31.2 Å². The van der Waals surface area contributed by atoms with E-state index in [0.717, 1.165) is 0 Å². The minimum atomic E-state index is -0.282. The molecule has 1 N–H and O–H groups in total. The number of hydrogen-bond acceptors (Lipinski definition) is 5. The lowest BCUT2D eigenvalue weighted by Crippen LogP contribution is -2.40. The van der Waals surface area contributed by atoms with E-state index >= 15 is 0 Å². The Kier molecular flexibility index (Phi) is 5.73. The van der Waals surface area contributed by atoms with E-state index in [2.05, 4.69) is 5.32 Å². The van der Waals surface area contributed by atoms with Crippen molar-refractivity contribution in [2.45, 2.75) is 13.0 Å². The van der Waals surface area contributed by atoms with Gasteiger partial charge in [0.2, 0.25) is 0 Å². The van der Waals surface area contributed by atoms with E-state index in [9.17, 15) is 4.79 Å². The van der Waals surface area contributed by atoms with Gasteiger partial charge in [0.25, 0.3) is 5.91 Å². The number of ether oxygens (including phenoxy) is 4. The second kappa shape index (κ2) is 8.19. The minimum absolute atomic E-state index is 0.270. The molecule has 0 spiro atoms. The van der Waals surface area contributed by atoms with E-state index in [1.165, 1.54) is 7.11 Å². The zero-order valence-electron chi connectivity index (χ0n) is 14.6. The lowest BCUT2D eigenvalue weighted by atomic mass is 10.1. The second-order valence-electron chi connectivity index (χ2n) is 5.63. The molecule has 7 heteroatoms. The van der Waals surface area contributed by atoms with Crippen molar-refractivity contribution in [3.63, 3.8) is 0 Å². The average molecular weight is 378 g/mol. The van der Waals surface area contributed by atoms with Crippen LogP contribution in [0.4, 0.5) is 0 Å². The summed E-state index contributed by atoms with van der Waals surface area (Å²) in [6, 6.07) is 10.6. The standard InChI is InChI=1S/C19H20ClNO5/c1-3-24-18-14(20)8-12(9-17(18)23-2)19(22)21-10-13-11-25-15-6-4-5-7-16(15)26-13/h4-9,13H,3,10-11H2,1-2H3,(H,21,22). The Balaban J connectivity index is 1.65. The third-order valence-electron chi connectivity index (χ3n) is 3.84. The van der Waals surface area contributed by atoms with E-state index in [1.54, 1.807) is 12.1 Å². The molecular weight excluding hydrogens is 358 g/mol. The van der Waals surface area contributed by atoms with Crippen molar-refractivity contribution in [3.05, 3.63) is 47.0 Å². The van der Waals surface area contributed by atoms with E-state index in [4.69, 9.17) is 30.5 Å². The van der Waals surface area contributed by atoms with Gasteiger partial charge in [-0.1, -0.05) is 23.7 Å². The second-order valence-corrected chi connectivity index (χ2v) is 6.04. The van der Waals surface area contributed by atoms with Crippen molar-refractivity contribution in [2.24, 2.45) is 0 Å². The molecule has 6 nitrogen and oxygen atoms in total. The summed E-state index contributed by atoms with van der Waals surface area (Å²) in [5.41, 5.74) is 0.382. The van der Waals surface area contributed by atoms with Crippen LogP contribution in [0.5, 0.6) is 23.0 Å². The van der Waals surface area contributed by atoms with Crippen LogP contribution in [0.25, 0.3) is 0 Å². The first-order valence-corrected chi connectivity index (χ1v) is 8.67. The summed E-state index contributed by atoms with van der Waals surface area (Å²) in [4.78, 5) is 12.5. The molecule has 0 saturated heterocycles. The van der Waals surface area contributed by atoms with Crippen molar-refractivity contribution in [3.8, 4) is 23.0 Å². The van der Waals surface area contributed by atoms with Gasteiger partial charge in [0.05, 0.1) is 25.3 Å². The van der Waals surface area contributed by atoms with Crippen LogP contribution in [0.15, 0.2) is 36.4 Å². The van der Waals surface area contributed by atoms with Crippen LogP contribution >= 0.6 is 11.6 Å². The molecule has 0 radical (unpaired) electrons. The number of hydrogen-bond donors (Lipinski definition) is 1. The van der Waals surface area contributed by atoms with Gasteiger partial charge in [-0.25, -0.2) is 0 Å². The molecular formula is C19H20ClNO5. The Bertz CT molecular complexity index is 795. The van der Waals surface area contributed by atoms with E-state index in [0.29, 0.717) is 53.3 Å². The summed E-state index contributed by atoms with van der Waals surface area (Å²) in [7, 11) is 1.50. The van der Waals surface area contributed by atoms with Gasteiger partial charge < -0.3 is 24.3 Å². The Hall–Kier alpha value is -2.60. The number of rotatable bonds is 6. The van der Waals surface area contributed by atoms with Gasteiger partial charge in [-0.3, -0.25) is 4.79 Å². The van der Waals surface area contributed by atoms with Crippen LogP contribution in [0.1, 0.15) is 17.3 Å². The molecule has 2 aromatic rings. The molecule has 1 aliphatic heterocycles. The van der Waals surface area contributed by atoms with Crippen LogP contribution in [0.2, 0.25) is 5.02 Å². The number of carbonyl (C=O) groups excluding carboxylic acids is 1. The molecule has 0 bridgehead atoms. The largest absolute Gasteiger partial charge is 0.493 e. The van der Waals surface area contributed by atoms with Gasteiger partial charge in [0.15, 0.2) is 23.0 Å². The SMILES string of the molecule is CCOc1c(Cl)cc(C(=O)NCC2COc3ccccc3O2)cc1OC. The van der Waals surface area contributed by atoms with Crippen molar-refractivity contribution in [1.29, 1.82) is 0 Å². The molecule has 1 atom stereocenters. The summed E-state index contributed by atoms with van der Waals surface area (Å²) in [5.74, 6) is 1.93. The third kappa shape index (κ3) is 3.96. The molecule has 1 aliphatic rings. The predicted molar refractivity (Wildman–Crippen MR) is 97.9 cm³/mol. The molecule has 1 heterocycles. The van der Waals surface area contributed by atoms with Crippen molar-refractivity contribution in [2.75, 3.05) is 26.9 Å². The fourth-order valence-corrected chi connectivity index (χ4v) is 2.87. The Morgan fingerprint density at radius 2 is 2.08 bits per heavy atom. The van der Waals surface area contributed by atoms with E-state index in [1.807, 2.05) is 31.2 Å². The summed E-state index contributed by atoms with van der Waals surface area (Å²) >= 11 is 6.21. The molecule has 0 saturated carbocycles. The highest BCUT2D eigenvalue weighted by Crippen LogP contribution is 2.36. The highest BCUT2D eigenvalue weighted by atomic mass is 35.5. The van der Waals surface area contributed by atoms with Gasteiger partial charge in [-0.2, -0.15) is 0 Å². The summed E-state index contributed by atoms with van der Waals surface area (Å²) < 4.78 is 22.2. The van der Waals surface area contributed by atoms with Crippen molar-refractivity contribution in [1.82, 2.24) is 5.32 Å². The zero-order valence-corrected chi connectivity index (χ0v) is 15.3. The van der Waals surface area contributed by atoms with Gasteiger partial charge in [-0.15, -0.1) is 0 Å². The monoisotopic (exact) mass is 377 g/mol. The Morgan fingerprint density at radius 1 is 1.31 bits per heavy atom. The normalized spacial score (nSPS) is 15.3. The lowest BCUT2D eigenvalue weighted by molar-refractivity contribution is 0.0789. The predicted octanol–water partition coefficient (Wildman–Crippen LogP) is 3.32. The molecule has 1 unspecified atom stereocenters. The maximum atomic E-state index is 12.5. The number of amides is 1. The van der Waals surface area contributed by atoms with Crippen molar-refractivity contribution >= 4 is 17.5 Å². The van der Waals surface area contributed by atoms with Crippen LogP contribution in [-0.2, 0) is 0 Å². The first kappa shape index (κ1) is 18.2. The maximum Gasteiger partial charge on any atom is 0.251 e. The number of fused-ring (bicyclic) bond motifs is 1. The number of benzene rings is 2. The number of para-hydroxylation sites is 2. The summed E-state index contributed by atoms with van der Waals surface area (Å²) in [6.07, 6.45) is -0.270. The minimum Gasteiger partial charge on any atom is -0.493 e. The maximum absolute atomic E-state index is 12.5. The summed E-state index contributed by atoms with van der Waals surface area (Å²) in [6.45, 7) is 2.97. The van der Waals surface area contributed by atoms with Gasteiger partial charge >= 0.3 is 0 Å².